The highest BCUT2D eigenvalue weighted by molar-refractivity contribution is 6.48. The maximum absolute atomic E-state index is 11.9. The topological polar surface area (TPSA) is 34.1 Å². The summed E-state index contributed by atoms with van der Waals surface area (Å²) < 4.78 is 0. The second-order valence-corrected chi connectivity index (χ2v) is 4.94. The molecule has 1 rings (SSSR count). The van der Waals surface area contributed by atoms with Crippen molar-refractivity contribution in [1.29, 1.82) is 0 Å². The molecule has 0 aromatic heterocycles. The summed E-state index contributed by atoms with van der Waals surface area (Å²) >= 11 is 0. The number of rotatable bonds is 8. The Morgan fingerprint density at radius 3 is 2.06 bits per heavy atom. The molecule has 0 atom stereocenters. The van der Waals surface area contributed by atoms with E-state index in [4.69, 9.17) is 0 Å². The van der Waals surface area contributed by atoms with Crippen LogP contribution in [0.3, 0.4) is 0 Å². The second-order valence-electron chi connectivity index (χ2n) is 4.94. The van der Waals surface area contributed by atoms with Gasteiger partial charge >= 0.3 is 0 Å². The minimum absolute atomic E-state index is 0.264. The first kappa shape index (κ1) is 14.9. The predicted octanol–water partition coefficient (Wildman–Crippen LogP) is 4.15. The average Bonchev–Trinajstić information content (AvgIpc) is 2.37. The number of Topliss-reactive ketones (excluding diaryl/α,β-unsaturated/α-hetero) is 1. The third-order valence-electron chi connectivity index (χ3n) is 3.40. The van der Waals surface area contributed by atoms with E-state index in [-0.39, 0.29) is 11.6 Å². The molecular formula is C16H24O2. The zero-order valence-electron chi connectivity index (χ0n) is 11.6. The molecule has 1 aliphatic carbocycles. The number of carbonyl (C=O) groups excluding carboxylic acids is 2. The first-order valence-electron chi connectivity index (χ1n) is 7.19. The quantitative estimate of drug-likeness (QED) is 0.367. The standard InChI is InChI=1S/C16H24O2/c1-3-5-7-9-13-11-12-15(17)16(18)14(13)10-8-6-4-2/h11-12H,3-10H2,1-2H3. The summed E-state index contributed by atoms with van der Waals surface area (Å²) in [6, 6.07) is 0. The van der Waals surface area contributed by atoms with Gasteiger partial charge in [-0.2, -0.15) is 0 Å². The molecule has 0 saturated heterocycles. The van der Waals surface area contributed by atoms with Crippen molar-refractivity contribution in [2.75, 3.05) is 0 Å². The zero-order chi connectivity index (χ0) is 13.4. The fourth-order valence-corrected chi connectivity index (χ4v) is 2.27. The molecule has 0 bridgehead atoms. The molecule has 0 unspecified atom stereocenters. The summed E-state index contributed by atoms with van der Waals surface area (Å²) in [6.07, 6.45) is 11.7. The van der Waals surface area contributed by atoms with E-state index in [0.717, 1.165) is 49.7 Å². The molecule has 2 heteroatoms. The van der Waals surface area contributed by atoms with Crippen LogP contribution in [0.25, 0.3) is 0 Å². The van der Waals surface area contributed by atoms with Crippen LogP contribution in [-0.2, 0) is 9.59 Å². The first-order valence-corrected chi connectivity index (χ1v) is 7.19. The van der Waals surface area contributed by atoms with Gasteiger partial charge in [0.2, 0.25) is 11.6 Å². The molecular weight excluding hydrogens is 224 g/mol. The van der Waals surface area contributed by atoms with E-state index in [1.54, 1.807) is 0 Å². The van der Waals surface area contributed by atoms with Gasteiger partial charge < -0.3 is 0 Å². The fourth-order valence-electron chi connectivity index (χ4n) is 2.27. The lowest BCUT2D eigenvalue weighted by Crippen LogP contribution is -2.19. The van der Waals surface area contributed by atoms with Crippen molar-refractivity contribution >= 4 is 11.6 Å². The lowest BCUT2D eigenvalue weighted by molar-refractivity contribution is -0.131. The van der Waals surface area contributed by atoms with E-state index in [0.29, 0.717) is 0 Å². The van der Waals surface area contributed by atoms with E-state index in [2.05, 4.69) is 13.8 Å². The Morgan fingerprint density at radius 2 is 1.44 bits per heavy atom. The third kappa shape index (κ3) is 4.25. The average molecular weight is 248 g/mol. The Kier molecular flexibility index (Phi) is 6.63. The monoisotopic (exact) mass is 248 g/mol. The van der Waals surface area contributed by atoms with Gasteiger partial charge in [0.1, 0.15) is 0 Å². The molecule has 0 radical (unpaired) electrons. The van der Waals surface area contributed by atoms with Gasteiger partial charge in [0.15, 0.2) is 0 Å². The molecule has 2 nitrogen and oxygen atoms in total. The largest absolute Gasteiger partial charge is 0.286 e. The molecule has 0 aromatic rings. The van der Waals surface area contributed by atoms with Crippen LogP contribution in [0.15, 0.2) is 23.3 Å². The van der Waals surface area contributed by atoms with Gasteiger partial charge in [0.25, 0.3) is 0 Å². The van der Waals surface area contributed by atoms with Crippen LogP contribution in [0.5, 0.6) is 0 Å². The molecule has 0 aromatic carbocycles. The maximum Gasteiger partial charge on any atom is 0.229 e. The van der Waals surface area contributed by atoms with Gasteiger partial charge in [-0.05, 0) is 37.3 Å². The van der Waals surface area contributed by atoms with Gasteiger partial charge in [-0.25, -0.2) is 0 Å². The van der Waals surface area contributed by atoms with Crippen molar-refractivity contribution in [1.82, 2.24) is 0 Å². The molecule has 0 fully saturated rings. The number of hydrogen-bond donors (Lipinski definition) is 0. The predicted molar refractivity (Wildman–Crippen MR) is 74.5 cm³/mol. The zero-order valence-corrected chi connectivity index (χ0v) is 11.6. The van der Waals surface area contributed by atoms with Crippen LogP contribution in [0.2, 0.25) is 0 Å². The molecule has 0 saturated carbocycles. The van der Waals surface area contributed by atoms with Crippen molar-refractivity contribution in [3.05, 3.63) is 23.3 Å². The van der Waals surface area contributed by atoms with Crippen molar-refractivity contribution in [3.63, 3.8) is 0 Å². The van der Waals surface area contributed by atoms with E-state index in [1.165, 1.54) is 18.9 Å². The minimum Gasteiger partial charge on any atom is -0.286 e. The van der Waals surface area contributed by atoms with Gasteiger partial charge in [-0.1, -0.05) is 45.6 Å². The van der Waals surface area contributed by atoms with Crippen LogP contribution >= 0.6 is 0 Å². The van der Waals surface area contributed by atoms with E-state index >= 15 is 0 Å². The highest BCUT2D eigenvalue weighted by Crippen LogP contribution is 2.24. The molecule has 100 valence electrons. The van der Waals surface area contributed by atoms with E-state index < -0.39 is 0 Å². The molecule has 0 N–H and O–H groups in total. The molecule has 0 heterocycles. The highest BCUT2D eigenvalue weighted by atomic mass is 16.2. The Bertz CT molecular complexity index is 361. The number of unbranched alkanes of at least 4 members (excludes halogenated alkanes) is 4. The SMILES string of the molecule is CCCCCC1=C(CCCCC)C(=O)C(=O)C=C1. The Hall–Kier alpha value is -1.18. The molecule has 0 amide bonds. The van der Waals surface area contributed by atoms with E-state index in [9.17, 15) is 9.59 Å². The van der Waals surface area contributed by atoms with Crippen LogP contribution in [-0.4, -0.2) is 11.6 Å². The molecule has 0 aliphatic heterocycles. The van der Waals surface area contributed by atoms with Gasteiger partial charge in [0.05, 0.1) is 0 Å². The Balaban J connectivity index is 2.71. The van der Waals surface area contributed by atoms with Crippen molar-refractivity contribution in [2.24, 2.45) is 0 Å². The maximum atomic E-state index is 11.9. The minimum atomic E-state index is -0.347. The van der Waals surface area contributed by atoms with Gasteiger partial charge in [-0.3, -0.25) is 9.59 Å². The lowest BCUT2D eigenvalue weighted by Gasteiger charge is -2.14. The van der Waals surface area contributed by atoms with Crippen LogP contribution in [0.1, 0.15) is 65.2 Å². The summed E-state index contributed by atoms with van der Waals surface area (Å²) in [6.45, 7) is 4.31. The highest BCUT2D eigenvalue weighted by Gasteiger charge is 2.22. The van der Waals surface area contributed by atoms with Gasteiger partial charge in [-0.15, -0.1) is 0 Å². The summed E-state index contributed by atoms with van der Waals surface area (Å²) in [5.41, 5.74) is 1.89. The smallest absolute Gasteiger partial charge is 0.229 e. The van der Waals surface area contributed by atoms with Crippen LogP contribution < -0.4 is 0 Å². The lowest BCUT2D eigenvalue weighted by atomic mass is 9.89. The summed E-state index contributed by atoms with van der Waals surface area (Å²) in [5, 5.41) is 0. The molecule has 1 aliphatic rings. The number of allylic oxidation sites excluding steroid dienone is 4. The fraction of sp³-hybridized carbons (Fsp3) is 0.625. The van der Waals surface area contributed by atoms with E-state index in [1.807, 2.05) is 6.08 Å². The second kappa shape index (κ2) is 8.02. The summed E-state index contributed by atoms with van der Waals surface area (Å²) in [4.78, 5) is 23.3. The first-order chi connectivity index (χ1) is 8.70. The number of carbonyl (C=O) groups is 2. The van der Waals surface area contributed by atoms with Crippen LogP contribution in [0, 0.1) is 0 Å². The molecule has 18 heavy (non-hydrogen) atoms. The Labute approximate surface area is 110 Å². The number of hydrogen-bond acceptors (Lipinski definition) is 2. The third-order valence-corrected chi connectivity index (χ3v) is 3.40. The normalized spacial score (nSPS) is 15.7. The van der Waals surface area contributed by atoms with Gasteiger partial charge in [0, 0.05) is 5.57 Å². The van der Waals surface area contributed by atoms with Crippen molar-refractivity contribution in [3.8, 4) is 0 Å². The molecule has 0 spiro atoms. The summed E-state index contributed by atoms with van der Waals surface area (Å²) in [5.74, 6) is -0.610. The Morgan fingerprint density at radius 1 is 0.833 bits per heavy atom. The van der Waals surface area contributed by atoms with Crippen molar-refractivity contribution < 1.29 is 9.59 Å². The van der Waals surface area contributed by atoms with Crippen molar-refractivity contribution in [2.45, 2.75) is 65.2 Å². The summed E-state index contributed by atoms with van der Waals surface area (Å²) in [7, 11) is 0. The van der Waals surface area contributed by atoms with Crippen LogP contribution in [0.4, 0.5) is 0 Å². The number of ketones is 2.